The van der Waals surface area contributed by atoms with Crippen molar-refractivity contribution >= 4 is 23.4 Å². The predicted octanol–water partition coefficient (Wildman–Crippen LogP) is 0.780. The minimum atomic E-state index is -4.63. The lowest BCUT2D eigenvalue weighted by atomic mass is 10.1. The van der Waals surface area contributed by atoms with E-state index < -0.39 is 35.8 Å². The molecule has 152 valence electrons. The van der Waals surface area contributed by atoms with Crippen molar-refractivity contribution in [2.24, 2.45) is 0 Å². The van der Waals surface area contributed by atoms with Crippen LogP contribution >= 0.6 is 0 Å². The molecule has 1 aromatic carbocycles. The number of hydrogen-bond acceptors (Lipinski definition) is 5. The molecular formula is C17H15F3N6O3. The molecule has 1 unspecified atom stereocenters. The SMILES string of the molecule is O=C1NC(CC(=O)N2CCn3c(nnc3C(F)(F)F)C2)C(=O)Nc2ccccc21. The number of aromatic nitrogens is 3. The fraction of sp³-hybridized carbons (Fsp3) is 0.353. The van der Waals surface area contributed by atoms with Gasteiger partial charge in [-0.05, 0) is 12.1 Å². The van der Waals surface area contributed by atoms with Crippen molar-refractivity contribution in [3.05, 3.63) is 41.5 Å². The fourth-order valence-electron chi connectivity index (χ4n) is 3.34. The summed E-state index contributed by atoms with van der Waals surface area (Å²) in [6.45, 7) is -0.266. The molecular weight excluding hydrogens is 393 g/mol. The van der Waals surface area contributed by atoms with Crippen LogP contribution in [0.3, 0.4) is 0 Å². The Labute approximate surface area is 161 Å². The number of carbonyl (C=O) groups excluding carboxylic acids is 3. The number of halogens is 3. The van der Waals surface area contributed by atoms with Crippen molar-refractivity contribution in [1.82, 2.24) is 25.0 Å². The van der Waals surface area contributed by atoms with Crippen molar-refractivity contribution in [3.8, 4) is 0 Å². The average Bonchev–Trinajstić information content (AvgIpc) is 3.06. The van der Waals surface area contributed by atoms with Gasteiger partial charge in [0.15, 0.2) is 5.82 Å². The van der Waals surface area contributed by atoms with E-state index in [4.69, 9.17) is 0 Å². The van der Waals surface area contributed by atoms with Gasteiger partial charge in [-0.3, -0.25) is 14.4 Å². The van der Waals surface area contributed by atoms with Crippen LogP contribution in [0.5, 0.6) is 0 Å². The third-order valence-corrected chi connectivity index (χ3v) is 4.79. The Bertz CT molecular complexity index is 1000. The Hall–Kier alpha value is -3.44. The highest BCUT2D eigenvalue weighted by Crippen LogP contribution is 2.29. The molecule has 12 heteroatoms. The maximum Gasteiger partial charge on any atom is 0.451 e. The molecule has 0 radical (unpaired) electrons. The van der Waals surface area contributed by atoms with E-state index in [1.807, 2.05) is 0 Å². The first-order valence-corrected chi connectivity index (χ1v) is 8.72. The van der Waals surface area contributed by atoms with Crippen LogP contribution in [0.25, 0.3) is 0 Å². The van der Waals surface area contributed by atoms with Gasteiger partial charge >= 0.3 is 6.18 Å². The fourth-order valence-corrected chi connectivity index (χ4v) is 3.34. The first-order chi connectivity index (χ1) is 13.7. The lowest BCUT2D eigenvalue weighted by Gasteiger charge is -2.29. The molecule has 2 aliphatic heterocycles. The van der Waals surface area contributed by atoms with E-state index in [0.29, 0.717) is 5.69 Å². The zero-order valence-corrected chi connectivity index (χ0v) is 14.9. The Kier molecular flexibility index (Phi) is 4.47. The molecule has 9 nitrogen and oxygen atoms in total. The van der Waals surface area contributed by atoms with E-state index in [1.54, 1.807) is 24.3 Å². The Morgan fingerprint density at radius 2 is 1.93 bits per heavy atom. The number of para-hydroxylation sites is 1. The molecule has 1 aromatic heterocycles. The lowest BCUT2D eigenvalue weighted by Crippen LogP contribution is -2.47. The minimum absolute atomic E-state index is 0.00939. The van der Waals surface area contributed by atoms with Gasteiger partial charge in [-0.15, -0.1) is 10.2 Å². The van der Waals surface area contributed by atoms with Gasteiger partial charge in [0.05, 0.1) is 24.2 Å². The number of nitrogens with one attached hydrogen (secondary N) is 2. The van der Waals surface area contributed by atoms with Crippen LogP contribution in [0.2, 0.25) is 0 Å². The molecule has 3 amide bonds. The number of alkyl halides is 3. The van der Waals surface area contributed by atoms with Crippen molar-refractivity contribution in [3.63, 3.8) is 0 Å². The first kappa shape index (κ1) is 18.9. The van der Waals surface area contributed by atoms with Gasteiger partial charge in [0.25, 0.3) is 5.91 Å². The van der Waals surface area contributed by atoms with Crippen molar-refractivity contribution in [2.45, 2.75) is 31.7 Å². The van der Waals surface area contributed by atoms with Gasteiger partial charge in [-0.1, -0.05) is 12.1 Å². The molecule has 0 spiro atoms. The van der Waals surface area contributed by atoms with Crippen LogP contribution in [0.1, 0.15) is 28.4 Å². The Balaban J connectivity index is 1.46. The molecule has 0 saturated carbocycles. The standard InChI is InChI=1S/C17H15F3N6O3/c18-17(19,20)16-24-23-12-8-25(5-6-26(12)16)13(27)7-11-15(29)21-10-4-2-1-3-9(10)14(28)22-11/h1-4,11H,5-8H2,(H,21,29)(H,22,28). The summed E-state index contributed by atoms with van der Waals surface area (Å²) in [5.41, 5.74) is 0.622. The van der Waals surface area contributed by atoms with Crippen LogP contribution in [-0.2, 0) is 28.9 Å². The molecule has 4 rings (SSSR count). The third-order valence-electron chi connectivity index (χ3n) is 4.79. The van der Waals surface area contributed by atoms with Gasteiger partial charge in [0, 0.05) is 13.1 Å². The molecule has 2 aromatic rings. The van der Waals surface area contributed by atoms with Gasteiger partial charge < -0.3 is 20.1 Å². The number of hydrogen-bond donors (Lipinski definition) is 2. The van der Waals surface area contributed by atoms with E-state index >= 15 is 0 Å². The molecule has 29 heavy (non-hydrogen) atoms. The zero-order valence-electron chi connectivity index (χ0n) is 14.9. The van der Waals surface area contributed by atoms with Gasteiger partial charge in [-0.25, -0.2) is 0 Å². The second-order valence-corrected chi connectivity index (χ2v) is 6.67. The predicted molar refractivity (Wildman–Crippen MR) is 91.4 cm³/mol. The van der Waals surface area contributed by atoms with Gasteiger partial charge in [0.1, 0.15) is 6.04 Å². The highest BCUT2D eigenvalue weighted by atomic mass is 19.4. The summed E-state index contributed by atoms with van der Waals surface area (Å²) < 4.78 is 39.7. The maximum atomic E-state index is 12.9. The number of rotatable bonds is 2. The monoisotopic (exact) mass is 408 g/mol. The van der Waals surface area contributed by atoms with Crippen LogP contribution < -0.4 is 10.6 Å². The number of anilines is 1. The largest absolute Gasteiger partial charge is 0.451 e. The number of benzene rings is 1. The van der Waals surface area contributed by atoms with Crippen LogP contribution in [0, 0.1) is 0 Å². The summed E-state index contributed by atoms with van der Waals surface area (Å²) in [6.07, 6.45) is -4.96. The Morgan fingerprint density at radius 3 is 2.69 bits per heavy atom. The molecule has 2 aliphatic rings. The molecule has 0 fully saturated rings. The number of carbonyl (C=O) groups is 3. The maximum absolute atomic E-state index is 12.9. The zero-order chi connectivity index (χ0) is 20.8. The second kappa shape index (κ2) is 6.87. The lowest BCUT2D eigenvalue weighted by molar-refractivity contribution is -0.148. The molecule has 2 N–H and O–H groups in total. The van der Waals surface area contributed by atoms with Crippen molar-refractivity contribution < 1.29 is 27.6 Å². The van der Waals surface area contributed by atoms with E-state index in [0.717, 1.165) is 4.57 Å². The highest BCUT2D eigenvalue weighted by Gasteiger charge is 2.40. The average molecular weight is 408 g/mol. The first-order valence-electron chi connectivity index (χ1n) is 8.72. The molecule has 0 saturated heterocycles. The summed E-state index contributed by atoms with van der Waals surface area (Å²) >= 11 is 0. The number of fused-ring (bicyclic) bond motifs is 2. The van der Waals surface area contributed by atoms with Crippen molar-refractivity contribution in [2.75, 3.05) is 11.9 Å². The minimum Gasteiger partial charge on any atom is -0.340 e. The molecule has 0 aliphatic carbocycles. The molecule has 0 bridgehead atoms. The van der Waals surface area contributed by atoms with Crippen LogP contribution in [0.4, 0.5) is 18.9 Å². The van der Waals surface area contributed by atoms with E-state index in [2.05, 4.69) is 20.8 Å². The quantitative estimate of drug-likeness (QED) is 0.763. The number of nitrogens with zero attached hydrogens (tertiary/aromatic N) is 4. The summed E-state index contributed by atoms with van der Waals surface area (Å²) in [7, 11) is 0. The summed E-state index contributed by atoms with van der Waals surface area (Å²) in [5.74, 6) is -2.62. The smallest absolute Gasteiger partial charge is 0.340 e. The second-order valence-electron chi connectivity index (χ2n) is 6.67. The third kappa shape index (κ3) is 3.52. The number of amides is 3. The molecule has 1 atom stereocenters. The van der Waals surface area contributed by atoms with Gasteiger partial charge in [-0.2, -0.15) is 13.2 Å². The van der Waals surface area contributed by atoms with E-state index in [-0.39, 0.29) is 37.4 Å². The summed E-state index contributed by atoms with van der Waals surface area (Å²) in [4.78, 5) is 38.7. The van der Waals surface area contributed by atoms with E-state index in [1.165, 1.54) is 4.90 Å². The van der Waals surface area contributed by atoms with Crippen molar-refractivity contribution in [1.29, 1.82) is 0 Å². The van der Waals surface area contributed by atoms with Gasteiger partial charge in [0.2, 0.25) is 17.6 Å². The summed E-state index contributed by atoms with van der Waals surface area (Å²) in [5, 5.41) is 11.8. The topological polar surface area (TPSA) is 109 Å². The molecule has 3 heterocycles. The summed E-state index contributed by atoms with van der Waals surface area (Å²) in [6, 6.07) is 5.33. The normalized spacial score (nSPS) is 19.0. The Morgan fingerprint density at radius 1 is 1.17 bits per heavy atom. The van der Waals surface area contributed by atoms with Crippen LogP contribution in [0.15, 0.2) is 24.3 Å². The van der Waals surface area contributed by atoms with Crippen LogP contribution in [-0.4, -0.2) is 50.0 Å². The highest BCUT2D eigenvalue weighted by molar-refractivity contribution is 6.10. The van der Waals surface area contributed by atoms with E-state index in [9.17, 15) is 27.6 Å².